The van der Waals surface area contributed by atoms with Crippen LogP contribution in [0.5, 0.6) is 5.75 Å². The largest absolute Gasteiger partial charge is 0.503 e. The first-order chi connectivity index (χ1) is 18.3. The molecule has 1 saturated heterocycles. The third-order valence-corrected chi connectivity index (χ3v) is 8.88. The predicted molar refractivity (Wildman–Crippen MR) is 132 cm³/mol. The maximum Gasteiger partial charge on any atom is 0.419 e. The van der Waals surface area contributed by atoms with Gasteiger partial charge >= 0.3 is 6.18 Å². The van der Waals surface area contributed by atoms with Gasteiger partial charge in [-0.3, -0.25) is 0 Å². The fourth-order valence-electron chi connectivity index (χ4n) is 5.67. The smallest absolute Gasteiger partial charge is 0.419 e. The van der Waals surface area contributed by atoms with Crippen LogP contribution in [0.3, 0.4) is 0 Å². The van der Waals surface area contributed by atoms with Crippen molar-refractivity contribution in [2.24, 2.45) is 13.0 Å². The number of aromatic hydroxyl groups is 1. The Morgan fingerprint density at radius 3 is 2.41 bits per heavy atom. The summed E-state index contributed by atoms with van der Waals surface area (Å²) >= 11 is 0. The molecule has 1 aliphatic heterocycles. The van der Waals surface area contributed by atoms with Crippen LogP contribution in [0.2, 0.25) is 0 Å². The Kier molecular flexibility index (Phi) is 6.94. The highest BCUT2D eigenvalue weighted by Gasteiger charge is 2.40. The van der Waals surface area contributed by atoms with E-state index in [9.17, 15) is 35.5 Å². The molecule has 9 nitrogen and oxygen atoms in total. The standard InChI is InChI=1S/C24H27F5N6O3S/c1-33-22-15(20(32-33)14-10-16(24(27,28)29)19(26)21(36)18(14)25)11-30-23(31-22)34-8-9-35(39(2,37)38)17(12-34)13-6-4-3-5-7-13/h10-11,13,17,36H,3-9,12H2,1-2H3. The minimum absolute atomic E-state index is 0.0953. The van der Waals surface area contributed by atoms with E-state index in [4.69, 9.17) is 0 Å². The van der Waals surface area contributed by atoms with E-state index >= 15 is 0 Å². The summed E-state index contributed by atoms with van der Waals surface area (Å²) in [6.45, 7) is 0.934. The molecule has 212 valence electrons. The highest BCUT2D eigenvalue weighted by molar-refractivity contribution is 7.88. The molecule has 1 N–H and O–H groups in total. The van der Waals surface area contributed by atoms with Crippen LogP contribution in [0.25, 0.3) is 22.3 Å². The molecule has 0 amide bonds. The molecule has 1 saturated carbocycles. The number of aryl methyl sites for hydroxylation is 1. The number of rotatable bonds is 4. The van der Waals surface area contributed by atoms with Crippen LogP contribution >= 0.6 is 0 Å². The zero-order chi connectivity index (χ0) is 28.3. The third kappa shape index (κ3) is 5.01. The normalized spacial score (nSPS) is 20.2. The van der Waals surface area contributed by atoms with Gasteiger partial charge in [0.2, 0.25) is 16.0 Å². The lowest BCUT2D eigenvalue weighted by molar-refractivity contribution is -0.140. The topological polar surface area (TPSA) is 104 Å². The van der Waals surface area contributed by atoms with E-state index in [1.54, 1.807) is 4.31 Å². The maximum atomic E-state index is 14.8. The summed E-state index contributed by atoms with van der Waals surface area (Å²) in [5.74, 6) is -4.99. The molecule has 0 radical (unpaired) electrons. The lowest BCUT2D eigenvalue weighted by Crippen LogP contribution is -2.58. The number of aromatic nitrogens is 4. The number of piperazine rings is 1. The van der Waals surface area contributed by atoms with E-state index in [0.717, 1.165) is 32.1 Å². The number of sulfonamides is 1. The van der Waals surface area contributed by atoms with Crippen LogP contribution in [0, 0.1) is 17.6 Å². The van der Waals surface area contributed by atoms with Crippen LogP contribution in [0.4, 0.5) is 27.9 Å². The Labute approximate surface area is 221 Å². The Morgan fingerprint density at radius 1 is 1.08 bits per heavy atom. The molecule has 2 fully saturated rings. The number of benzene rings is 1. The van der Waals surface area contributed by atoms with E-state index in [1.165, 1.54) is 24.2 Å². The molecule has 1 aliphatic carbocycles. The molecule has 2 aromatic heterocycles. The van der Waals surface area contributed by atoms with Gasteiger partial charge in [0.25, 0.3) is 0 Å². The lowest BCUT2D eigenvalue weighted by Gasteiger charge is -2.44. The predicted octanol–water partition coefficient (Wildman–Crippen LogP) is 4.06. The van der Waals surface area contributed by atoms with Crippen molar-refractivity contribution in [2.75, 3.05) is 30.8 Å². The van der Waals surface area contributed by atoms with Crippen LogP contribution in [-0.4, -0.2) is 69.5 Å². The summed E-state index contributed by atoms with van der Waals surface area (Å²) in [4.78, 5) is 10.7. The van der Waals surface area contributed by atoms with Gasteiger partial charge in [-0.1, -0.05) is 19.3 Å². The first-order valence-corrected chi connectivity index (χ1v) is 14.3. The minimum atomic E-state index is -5.18. The van der Waals surface area contributed by atoms with Crippen molar-refractivity contribution >= 4 is 27.0 Å². The maximum absolute atomic E-state index is 14.8. The zero-order valence-electron chi connectivity index (χ0n) is 21.2. The van der Waals surface area contributed by atoms with E-state index in [-0.39, 0.29) is 47.2 Å². The van der Waals surface area contributed by atoms with Crippen LogP contribution in [0.1, 0.15) is 37.7 Å². The lowest BCUT2D eigenvalue weighted by atomic mass is 9.83. The fourth-order valence-corrected chi connectivity index (χ4v) is 6.82. The molecular formula is C24H27F5N6O3S. The Hall–Kier alpha value is -3.07. The fraction of sp³-hybridized carbons (Fsp3) is 0.542. The van der Waals surface area contributed by atoms with Gasteiger partial charge in [0.05, 0.1) is 17.2 Å². The molecule has 0 spiro atoms. The number of fused-ring (bicyclic) bond motifs is 1. The Balaban J connectivity index is 1.52. The van der Waals surface area contributed by atoms with Crippen LogP contribution in [0.15, 0.2) is 12.3 Å². The molecule has 5 rings (SSSR count). The average molecular weight is 575 g/mol. The molecule has 1 aromatic carbocycles. The molecule has 3 heterocycles. The van der Waals surface area contributed by atoms with Crippen molar-refractivity contribution in [3.63, 3.8) is 0 Å². The Bertz CT molecular complexity index is 1520. The summed E-state index contributed by atoms with van der Waals surface area (Å²) in [6, 6.07) is 0.00622. The molecule has 1 unspecified atom stereocenters. The first kappa shape index (κ1) is 27.5. The molecule has 1 atom stereocenters. The van der Waals surface area contributed by atoms with Crippen LogP contribution in [-0.2, 0) is 23.2 Å². The highest BCUT2D eigenvalue weighted by Crippen LogP contribution is 2.41. The molecule has 0 bridgehead atoms. The second-order valence-corrected chi connectivity index (χ2v) is 12.0. The van der Waals surface area contributed by atoms with Gasteiger partial charge in [-0.25, -0.2) is 26.9 Å². The van der Waals surface area contributed by atoms with Gasteiger partial charge in [-0.15, -0.1) is 0 Å². The number of halogens is 5. The average Bonchev–Trinajstić information content (AvgIpc) is 3.21. The summed E-state index contributed by atoms with van der Waals surface area (Å²) < 4.78 is 96.6. The van der Waals surface area contributed by atoms with Gasteiger partial charge in [-0.2, -0.15) is 27.6 Å². The van der Waals surface area contributed by atoms with E-state index in [1.807, 2.05) is 4.90 Å². The van der Waals surface area contributed by atoms with Crippen molar-refractivity contribution in [3.8, 4) is 17.0 Å². The van der Waals surface area contributed by atoms with E-state index in [2.05, 4.69) is 15.1 Å². The van der Waals surface area contributed by atoms with Crippen LogP contribution < -0.4 is 4.90 Å². The number of alkyl halides is 3. The van der Waals surface area contributed by atoms with Gasteiger partial charge in [0.1, 0.15) is 5.69 Å². The molecule has 2 aliphatic rings. The second-order valence-electron chi connectivity index (χ2n) is 10.1. The van der Waals surface area contributed by atoms with Crippen molar-refractivity contribution in [3.05, 3.63) is 29.5 Å². The summed E-state index contributed by atoms with van der Waals surface area (Å²) in [5, 5.41) is 13.9. The zero-order valence-corrected chi connectivity index (χ0v) is 22.0. The molecule has 39 heavy (non-hydrogen) atoms. The SMILES string of the molecule is Cn1nc(-c2cc(C(F)(F)F)c(F)c(O)c2F)c2cnc(N3CCN(S(C)(=O)=O)C(C4CCCCC4)C3)nc21. The number of anilines is 1. The third-order valence-electron chi connectivity index (χ3n) is 7.58. The summed E-state index contributed by atoms with van der Waals surface area (Å²) in [6.07, 6.45) is 2.33. The number of nitrogens with zero attached hydrogens (tertiary/aromatic N) is 6. The number of hydrogen-bond acceptors (Lipinski definition) is 7. The number of hydrogen-bond donors (Lipinski definition) is 1. The Morgan fingerprint density at radius 2 is 1.77 bits per heavy atom. The van der Waals surface area contributed by atoms with Gasteiger partial charge in [0, 0.05) is 44.5 Å². The van der Waals surface area contributed by atoms with E-state index in [0.29, 0.717) is 13.1 Å². The van der Waals surface area contributed by atoms with Gasteiger partial charge in [-0.05, 0) is 24.8 Å². The summed E-state index contributed by atoms with van der Waals surface area (Å²) in [7, 11) is -1.98. The van der Waals surface area contributed by atoms with Gasteiger partial charge < -0.3 is 10.0 Å². The first-order valence-electron chi connectivity index (χ1n) is 12.5. The minimum Gasteiger partial charge on any atom is -0.503 e. The quantitative estimate of drug-likeness (QED) is 0.469. The monoisotopic (exact) mass is 574 g/mol. The highest BCUT2D eigenvalue weighted by atomic mass is 32.2. The van der Waals surface area contributed by atoms with Crippen molar-refractivity contribution < 1.29 is 35.5 Å². The van der Waals surface area contributed by atoms with Crippen molar-refractivity contribution in [1.29, 1.82) is 0 Å². The second kappa shape index (κ2) is 9.84. The number of phenols is 1. The van der Waals surface area contributed by atoms with Gasteiger partial charge in [0.15, 0.2) is 23.0 Å². The number of phenolic OH excluding ortho intramolecular Hbond substituents is 1. The molecule has 3 aromatic rings. The van der Waals surface area contributed by atoms with Crippen molar-refractivity contribution in [2.45, 2.75) is 44.3 Å². The van der Waals surface area contributed by atoms with Crippen molar-refractivity contribution in [1.82, 2.24) is 24.1 Å². The molecule has 15 heteroatoms. The summed E-state index contributed by atoms with van der Waals surface area (Å²) in [5.41, 5.74) is -2.70. The molecular weight excluding hydrogens is 547 g/mol. The van der Waals surface area contributed by atoms with E-state index < -0.39 is 44.7 Å².